The van der Waals surface area contributed by atoms with E-state index >= 15 is 0 Å². The van der Waals surface area contributed by atoms with E-state index in [1.54, 1.807) is 47.4 Å². The molecule has 2 aliphatic rings. The maximum absolute atomic E-state index is 13.3. The molecular weight excluding hydrogens is 419 g/mol. The van der Waals surface area contributed by atoms with Crippen molar-refractivity contribution in [2.75, 3.05) is 22.8 Å². The molecule has 0 aromatic heterocycles. The predicted octanol–water partition coefficient (Wildman–Crippen LogP) is 4.59. The van der Waals surface area contributed by atoms with Crippen LogP contribution in [-0.4, -0.2) is 24.4 Å². The van der Waals surface area contributed by atoms with Crippen LogP contribution in [0.2, 0.25) is 0 Å². The summed E-state index contributed by atoms with van der Waals surface area (Å²) in [5, 5.41) is 2.65. The highest BCUT2D eigenvalue weighted by Crippen LogP contribution is 2.42. The molecule has 3 aromatic rings. The standard InChI is InChI=1S/C23H17FN2O4S/c24-16-4-8-18(9-5-16)26-21(27)12-31-23(26)14-1-6-17(7-2-14)25-22(28)15-3-10-19-20(11-15)30-13-29-19/h1-11,23H,12-13H2,(H,25,28). The van der Waals surface area contributed by atoms with Gasteiger partial charge in [-0.15, -0.1) is 11.8 Å². The van der Waals surface area contributed by atoms with Crippen molar-refractivity contribution in [3.8, 4) is 11.5 Å². The fraction of sp³-hybridized carbons (Fsp3) is 0.130. The van der Waals surface area contributed by atoms with Crippen LogP contribution in [0.15, 0.2) is 66.7 Å². The van der Waals surface area contributed by atoms with Gasteiger partial charge in [0.15, 0.2) is 11.5 Å². The second-order valence-electron chi connectivity index (χ2n) is 7.05. The van der Waals surface area contributed by atoms with Gasteiger partial charge in [-0.2, -0.15) is 0 Å². The largest absolute Gasteiger partial charge is 0.454 e. The minimum Gasteiger partial charge on any atom is -0.454 e. The molecule has 2 aliphatic heterocycles. The van der Waals surface area contributed by atoms with Crippen LogP contribution in [0.4, 0.5) is 15.8 Å². The third-order valence-electron chi connectivity index (χ3n) is 5.06. The molecule has 1 N–H and O–H groups in total. The van der Waals surface area contributed by atoms with Crippen molar-refractivity contribution >= 4 is 35.0 Å². The second kappa shape index (κ2) is 7.96. The zero-order valence-electron chi connectivity index (χ0n) is 16.2. The molecule has 1 saturated heterocycles. The van der Waals surface area contributed by atoms with E-state index in [1.807, 2.05) is 12.1 Å². The topological polar surface area (TPSA) is 67.9 Å². The third-order valence-corrected chi connectivity index (χ3v) is 6.27. The number of rotatable bonds is 4. The summed E-state index contributed by atoms with van der Waals surface area (Å²) in [5.41, 5.74) is 2.67. The lowest BCUT2D eigenvalue weighted by molar-refractivity contribution is -0.115. The van der Waals surface area contributed by atoms with E-state index in [2.05, 4.69) is 5.32 Å². The summed E-state index contributed by atoms with van der Waals surface area (Å²) in [5.74, 6) is 0.889. The average molecular weight is 436 g/mol. The summed E-state index contributed by atoms with van der Waals surface area (Å²) in [4.78, 5) is 26.7. The Morgan fingerprint density at radius 3 is 2.52 bits per heavy atom. The summed E-state index contributed by atoms with van der Waals surface area (Å²) in [6.07, 6.45) is 0. The van der Waals surface area contributed by atoms with E-state index in [-0.39, 0.29) is 29.8 Å². The molecule has 1 unspecified atom stereocenters. The molecule has 2 amide bonds. The average Bonchev–Trinajstić information content (AvgIpc) is 3.41. The first-order valence-electron chi connectivity index (χ1n) is 9.59. The zero-order valence-corrected chi connectivity index (χ0v) is 17.0. The van der Waals surface area contributed by atoms with E-state index in [1.165, 1.54) is 23.9 Å². The maximum Gasteiger partial charge on any atom is 0.255 e. The molecule has 8 heteroatoms. The molecule has 1 fully saturated rings. The fourth-order valence-electron chi connectivity index (χ4n) is 3.52. The van der Waals surface area contributed by atoms with Crippen LogP contribution in [0.1, 0.15) is 21.3 Å². The van der Waals surface area contributed by atoms with E-state index in [0.717, 1.165) is 5.56 Å². The summed E-state index contributed by atoms with van der Waals surface area (Å²) in [6.45, 7) is 0.151. The van der Waals surface area contributed by atoms with Gasteiger partial charge in [0, 0.05) is 16.9 Å². The minimum absolute atomic E-state index is 0.0261. The van der Waals surface area contributed by atoms with E-state index in [0.29, 0.717) is 34.2 Å². The van der Waals surface area contributed by atoms with Gasteiger partial charge in [0.2, 0.25) is 12.7 Å². The van der Waals surface area contributed by atoms with E-state index in [4.69, 9.17) is 9.47 Å². The van der Waals surface area contributed by atoms with Gasteiger partial charge in [0.1, 0.15) is 11.2 Å². The Labute approximate surface area is 182 Å². The molecular formula is C23H17FN2O4S. The summed E-state index contributed by atoms with van der Waals surface area (Å²) in [6, 6.07) is 18.3. The lowest BCUT2D eigenvalue weighted by Gasteiger charge is -2.24. The van der Waals surface area contributed by atoms with Crippen LogP contribution < -0.4 is 19.7 Å². The van der Waals surface area contributed by atoms with Crippen molar-refractivity contribution in [3.63, 3.8) is 0 Å². The highest BCUT2D eigenvalue weighted by Gasteiger charge is 2.34. The molecule has 31 heavy (non-hydrogen) atoms. The molecule has 5 rings (SSSR count). The molecule has 1 atom stereocenters. The monoisotopic (exact) mass is 436 g/mol. The van der Waals surface area contributed by atoms with Crippen LogP contribution in [0.5, 0.6) is 11.5 Å². The van der Waals surface area contributed by atoms with Gasteiger partial charge >= 0.3 is 0 Å². The number of hydrogen-bond acceptors (Lipinski definition) is 5. The maximum atomic E-state index is 13.3. The van der Waals surface area contributed by atoms with Crippen LogP contribution >= 0.6 is 11.8 Å². The molecule has 0 aliphatic carbocycles. The van der Waals surface area contributed by atoms with Crippen molar-refractivity contribution in [1.29, 1.82) is 0 Å². The van der Waals surface area contributed by atoms with Crippen molar-refractivity contribution in [2.24, 2.45) is 0 Å². The van der Waals surface area contributed by atoms with E-state index in [9.17, 15) is 14.0 Å². The van der Waals surface area contributed by atoms with Gasteiger partial charge in [-0.3, -0.25) is 14.5 Å². The van der Waals surface area contributed by atoms with Gasteiger partial charge in [-0.25, -0.2) is 4.39 Å². The normalized spacial score (nSPS) is 17.1. The Bertz CT molecular complexity index is 1150. The summed E-state index contributed by atoms with van der Waals surface area (Å²) in [7, 11) is 0. The van der Waals surface area contributed by atoms with Crippen LogP contribution in [0.3, 0.4) is 0 Å². The molecule has 6 nitrogen and oxygen atoms in total. The van der Waals surface area contributed by atoms with Crippen LogP contribution in [0, 0.1) is 5.82 Å². The van der Waals surface area contributed by atoms with Gasteiger partial charge in [-0.05, 0) is 60.2 Å². The number of ether oxygens (including phenoxy) is 2. The number of halogens is 1. The number of fused-ring (bicyclic) bond motifs is 1. The molecule has 0 bridgehead atoms. The highest BCUT2D eigenvalue weighted by atomic mass is 32.2. The smallest absolute Gasteiger partial charge is 0.255 e. The lowest BCUT2D eigenvalue weighted by atomic mass is 10.1. The molecule has 2 heterocycles. The number of amides is 2. The molecule has 0 radical (unpaired) electrons. The van der Waals surface area contributed by atoms with Crippen molar-refractivity contribution in [3.05, 3.63) is 83.7 Å². The molecule has 0 spiro atoms. The van der Waals surface area contributed by atoms with Crippen LogP contribution in [-0.2, 0) is 4.79 Å². The molecule has 3 aromatic carbocycles. The third kappa shape index (κ3) is 3.82. The Morgan fingerprint density at radius 1 is 1.00 bits per heavy atom. The minimum atomic E-state index is -0.345. The highest BCUT2D eigenvalue weighted by molar-refractivity contribution is 8.00. The number of nitrogens with zero attached hydrogens (tertiary/aromatic N) is 1. The summed E-state index contributed by atoms with van der Waals surface area (Å²) < 4.78 is 23.9. The Kier molecular flexibility index (Phi) is 4.99. The fourth-order valence-corrected chi connectivity index (χ4v) is 4.70. The van der Waals surface area contributed by atoms with Crippen molar-refractivity contribution in [1.82, 2.24) is 0 Å². The Balaban J connectivity index is 1.32. The summed E-state index contributed by atoms with van der Waals surface area (Å²) >= 11 is 1.51. The number of hydrogen-bond donors (Lipinski definition) is 1. The first-order chi connectivity index (χ1) is 15.1. The van der Waals surface area contributed by atoms with E-state index < -0.39 is 0 Å². The number of anilines is 2. The van der Waals surface area contributed by atoms with Crippen molar-refractivity contribution in [2.45, 2.75) is 5.37 Å². The van der Waals surface area contributed by atoms with Gasteiger partial charge in [-0.1, -0.05) is 12.1 Å². The van der Waals surface area contributed by atoms with Crippen LogP contribution in [0.25, 0.3) is 0 Å². The molecule has 0 saturated carbocycles. The number of benzene rings is 3. The first-order valence-corrected chi connectivity index (χ1v) is 10.6. The second-order valence-corrected chi connectivity index (χ2v) is 8.12. The number of carbonyl (C=O) groups excluding carboxylic acids is 2. The number of thioether (sulfide) groups is 1. The number of nitrogens with one attached hydrogen (secondary N) is 1. The quantitative estimate of drug-likeness (QED) is 0.648. The number of carbonyl (C=O) groups is 2. The van der Waals surface area contributed by atoms with Gasteiger partial charge < -0.3 is 14.8 Å². The Hall–Kier alpha value is -3.52. The SMILES string of the molecule is O=C(Nc1ccc(C2SCC(=O)N2c2ccc(F)cc2)cc1)c1ccc2c(c1)OCO2. The lowest BCUT2D eigenvalue weighted by Crippen LogP contribution is -2.27. The zero-order chi connectivity index (χ0) is 21.4. The van der Waals surface area contributed by atoms with Gasteiger partial charge in [0.05, 0.1) is 5.75 Å². The first kappa shape index (κ1) is 19.4. The van der Waals surface area contributed by atoms with Crippen molar-refractivity contribution < 1.29 is 23.5 Å². The molecule has 156 valence electrons. The Morgan fingerprint density at radius 2 is 1.74 bits per heavy atom. The predicted molar refractivity (Wildman–Crippen MR) is 116 cm³/mol. The van der Waals surface area contributed by atoms with Gasteiger partial charge in [0.25, 0.3) is 5.91 Å².